The van der Waals surface area contributed by atoms with Crippen LogP contribution in [-0.4, -0.2) is 59.6 Å². The van der Waals surface area contributed by atoms with Crippen LogP contribution in [0.3, 0.4) is 0 Å². The third-order valence-corrected chi connectivity index (χ3v) is 2.55. The number of carboxylic acid groups (broad SMARTS) is 1. The minimum absolute atomic E-state index is 0.229. The van der Waals surface area contributed by atoms with E-state index in [4.69, 9.17) is 10.8 Å². The van der Waals surface area contributed by atoms with Gasteiger partial charge >= 0.3 is 11.7 Å². The Morgan fingerprint density at radius 1 is 1.45 bits per heavy atom. The van der Waals surface area contributed by atoms with Crippen LogP contribution < -0.4 is 10.6 Å². The van der Waals surface area contributed by atoms with E-state index in [2.05, 4.69) is 4.98 Å². The summed E-state index contributed by atoms with van der Waals surface area (Å²) in [4.78, 5) is 28.2. The summed E-state index contributed by atoms with van der Waals surface area (Å²) in [6.07, 6.45) is 0. The fraction of sp³-hybridized carbons (Fsp3) is 0.455. The number of pyridine rings is 1. The molecule has 9 heteroatoms. The van der Waals surface area contributed by atoms with E-state index < -0.39 is 10.9 Å². The standard InChI is InChI=1S/C11H17N5O4/c1-14(2)5-6-15(7-10(17)18)9-4-3-8(16(19)20)11(12)13-9/h3-4H,5-7H2,1-2H3,(H2,12,13)(H,17,18). The fourth-order valence-corrected chi connectivity index (χ4v) is 1.55. The zero-order chi connectivity index (χ0) is 15.3. The molecule has 0 aliphatic carbocycles. The van der Waals surface area contributed by atoms with Crippen LogP contribution in [-0.2, 0) is 4.79 Å². The number of carbonyl (C=O) groups is 1. The number of aromatic nitrogens is 1. The molecule has 0 aromatic carbocycles. The molecule has 0 amide bonds. The van der Waals surface area contributed by atoms with Crippen molar-refractivity contribution in [1.82, 2.24) is 9.88 Å². The maximum Gasteiger partial charge on any atom is 0.323 e. The third-order valence-electron chi connectivity index (χ3n) is 2.55. The first-order valence-electron chi connectivity index (χ1n) is 5.83. The molecule has 3 N–H and O–H groups in total. The van der Waals surface area contributed by atoms with Gasteiger partial charge in [-0.3, -0.25) is 14.9 Å². The van der Waals surface area contributed by atoms with Crippen LogP contribution in [0.25, 0.3) is 0 Å². The van der Waals surface area contributed by atoms with E-state index in [-0.39, 0.29) is 18.1 Å². The summed E-state index contributed by atoms with van der Waals surface area (Å²) in [6, 6.07) is 2.62. The van der Waals surface area contributed by atoms with Crippen LogP contribution in [0.5, 0.6) is 0 Å². The average Bonchev–Trinajstić information content (AvgIpc) is 2.33. The normalized spacial score (nSPS) is 10.6. The minimum atomic E-state index is -1.01. The molecule has 0 bridgehead atoms. The van der Waals surface area contributed by atoms with Gasteiger partial charge < -0.3 is 20.6 Å². The lowest BCUT2D eigenvalue weighted by molar-refractivity contribution is -0.384. The smallest absolute Gasteiger partial charge is 0.323 e. The van der Waals surface area contributed by atoms with Gasteiger partial charge in [-0.1, -0.05) is 0 Å². The van der Waals surface area contributed by atoms with E-state index in [1.807, 2.05) is 19.0 Å². The number of nitrogen functional groups attached to an aromatic ring is 1. The van der Waals surface area contributed by atoms with Crippen molar-refractivity contribution >= 4 is 23.3 Å². The van der Waals surface area contributed by atoms with E-state index in [0.717, 1.165) is 0 Å². The van der Waals surface area contributed by atoms with Crippen molar-refractivity contribution in [3.05, 3.63) is 22.2 Å². The number of nitrogens with zero attached hydrogens (tertiary/aromatic N) is 4. The number of hydrogen-bond donors (Lipinski definition) is 2. The Hall–Kier alpha value is -2.42. The van der Waals surface area contributed by atoms with Crippen LogP contribution in [0.4, 0.5) is 17.3 Å². The third kappa shape index (κ3) is 4.35. The molecule has 0 aliphatic rings. The predicted octanol–water partition coefficient (Wildman–Crippen LogP) is 0.0246. The van der Waals surface area contributed by atoms with Crippen molar-refractivity contribution in [3.8, 4) is 0 Å². The number of carboxylic acids is 1. The summed E-state index contributed by atoms with van der Waals surface area (Å²) in [7, 11) is 3.72. The summed E-state index contributed by atoms with van der Waals surface area (Å²) < 4.78 is 0. The lowest BCUT2D eigenvalue weighted by Gasteiger charge is -2.23. The zero-order valence-corrected chi connectivity index (χ0v) is 11.3. The molecule has 0 radical (unpaired) electrons. The summed E-state index contributed by atoms with van der Waals surface area (Å²) in [6.45, 7) is 0.785. The maximum atomic E-state index is 10.9. The summed E-state index contributed by atoms with van der Waals surface area (Å²) in [5, 5.41) is 19.6. The van der Waals surface area contributed by atoms with E-state index >= 15 is 0 Å². The molecular weight excluding hydrogens is 266 g/mol. The topological polar surface area (TPSA) is 126 Å². The molecule has 1 rings (SSSR count). The molecule has 0 aliphatic heterocycles. The Bertz CT molecular complexity index is 506. The van der Waals surface area contributed by atoms with Gasteiger partial charge in [-0.25, -0.2) is 4.98 Å². The van der Waals surface area contributed by atoms with Gasteiger partial charge in [-0.15, -0.1) is 0 Å². The Morgan fingerprint density at radius 3 is 2.55 bits per heavy atom. The minimum Gasteiger partial charge on any atom is -0.480 e. The van der Waals surface area contributed by atoms with E-state index in [1.165, 1.54) is 17.0 Å². The van der Waals surface area contributed by atoms with Crippen molar-refractivity contribution in [2.24, 2.45) is 0 Å². The van der Waals surface area contributed by atoms with Gasteiger partial charge in [0.1, 0.15) is 12.4 Å². The molecule has 0 spiro atoms. The second kappa shape index (κ2) is 6.66. The van der Waals surface area contributed by atoms with Crippen LogP contribution >= 0.6 is 0 Å². The number of nitrogens with two attached hydrogens (primary N) is 1. The van der Waals surface area contributed by atoms with Gasteiger partial charge in [0.2, 0.25) is 5.82 Å². The van der Waals surface area contributed by atoms with E-state index in [1.54, 1.807) is 0 Å². The molecule has 110 valence electrons. The number of anilines is 2. The molecule has 0 saturated carbocycles. The molecule has 0 saturated heterocycles. The Labute approximate surface area is 115 Å². The molecule has 1 aromatic rings. The fourth-order valence-electron chi connectivity index (χ4n) is 1.55. The van der Waals surface area contributed by atoms with Crippen molar-refractivity contribution in [3.63, 3.8) is 0 Å². The largest absolute Gasteiger partial charge is 0.480 e. The first-order chi connectivity index (χ1) is 9.31. The van der Waals surface area contributed by atoms with E-state index in [9.17, 15) is 14.9 Å². The maximum absolute atomic E-state index is 10.9. The Kier molecular flexibility index (Phi) is 5.21. The molecule has 1 heterocycles. The second-order valence-electron chi connectivity index (χ2n) is 4.45. The van der Waals surface area contributed by atoms with Crippen LogP contribution in [0, 0.1) is 10.1 Å². The van der Waals surface area contributed by atoms with Gasteiger partial charge in [-0.2, -0.15) is 0 Å². The van der Waals surface area contributed by atoms with Gasteiger partial charge in [-0.05, 0) is 20.2 Å². The number of nitro groups is 1. The molecule has 0 fully saturated rings. The quantitative estimate of drug-likeness (QED) is 0.530. The predicted molar refractivity (Wildman–Crippen MR) is 73.7 cm³/mol. The molecule has 0 atom stereocenters. The molecule has 9 nitrogen and oxygen atoms in total. The van der Waals surface area contributed by atoms with Crippen LogP contribution in [0.1, 0.15) is 0 Å². The Morgan fingerprint density at radius 2 is 2.10 bits per heavy atom. The average molecular weight is 283 g/mol. The number of rotatable bonds is 7. The molecular formula is C11H17N5O4. The number of likely N-dealkylation sites (N-methyl/N-ethyl adjacent to an activating group) is 1. The van der Waals surface area contributed by atoms with Gasteiger partial charge in [0.15, 0.2) is 0 Å². The van der Waals surface area contributed by atoms with Crippen molar-refractivity contribution < 1.29 is 14.8 Å². The van der Waals surface area contributed by atoms with Gasteiger partial charge in [0.05, 0.1) is 4.92 Å². The SMILES string of the molecule is CN(C)CCN(CC(=O)O)c1ccc([N+](=O)[O-])c(N)n1. The van der Waals surface area contributed by atoms with Crippen LogP contribution in [0.2, 0.25) is 0 Å². The lowest BCUT2D eigenvalue weighted by atomic mass is 10.3. The number of hydrogen-bond acceptors (Lipinski definition) is 7. The zero-order valence-electron chi connectivity index (χ0n) is 11.3. The highest BCUT2D eigenvalue weighted by Gasteiger charge is 2.17. The van der Waals surface area contributed by atoms with Gasteiger partial charge in [0.25, 0.3) is 0 Å². The van der Waals surface area contributed by atoms with Crippen LogP contribution in [0.15, 0.2) is 12.1 Å². The van der Waals surface area contributed by atoms with Gasteiger partial charge in [0, 0.05) is 19.2 Å². The van der Waals surface area contributed by atoms with E-state index in [0.29, 0.717) is 18.9 Å². The molecule has 20 heavy (non-hydrogen) atoms. The Balaban J connectivity index is 2.97. The monoisotopic (exact) mass is 283 g/mol. The van der Waals surface area contributed by atoms with Crippen molar-refractivity contribution in [2.75, 3.05) is 44.4 Å². The summed E-state index contributed by atoms with van der Waals surface area (Å²) in [5.41, 5.74) is 5.21. The highest BCUT2D eigenvalue weighted by atomic mass is 16.6. The lowest BCUT2D eigenvalue weighted by Crippen LogP contribution is -2.36. The first kappa shape index (κ1) is 15.6. The highest BCUT2D eigenvalue weighted by Crippen LogP contribution is 2.22. The molecule has 0 unspecified atom stereocenters. The van der Waals surface area contributed by atoms with Crippen molar-refractivity contribution in [2.45, 2.75) is 0 Å². The summed E-state index contributed by atoms with van der Waals surface area (Å²) in [5.74, 6) is -0.937. The highest BCUT2D eigenvalue weighted by molar-refractivity contribution is 5.73. The second-order valence-corrected chi connectivity index (χ2v) is 4.45. The summed E-state index contributed by atoms with van der Waals surface area (Å²) >= 11 is 0. The number of aliphatic carboxylic acids is 1. The first-order valence-corrected chi connectivity index (χ1v) is 5.83. The molecule has 1 aromatic heterocycles. The van der Waals surface area contributed by atoms with Crippen molar-refractivity contribution in [1.29, 1.82) is 0 Å².